The minimum atomic E-state index is 0.461. The Morgan fingerprint density at radius 1 is 1.17 bits per heavy atom. The van der Waals surface area contributed by atoms with E-state index in [2.05, 4.69) is 30.6 Å². The van der Waals surface area contributed by atoms with Gasteiger partial charge in [0.05, 0.1) is 6.10 Å². The minimum absolute atomic E-state index is 0.461. The molecule has 0 aromatic heterocycles. The van der Waals surface area contributed by atoms with E-state index in [1.165, 1.54) is 52.0 Å². The predicted molar refractivity (Wildman–Crippen MR) is 75.9 cm³/mol. The van der Waals surface area contributed by atoms with Crippen LogP contribution in [0.2, 0.25) is 0 Å². The number of ether oxygens (including phenoxy) is 1. The lowest BCUT2D eigenvalue weighted by Gasteiger charge is -2.42. The topological polar surface area (TPSA) is 15.7 Å². The van der Waals surface area contributed by atoms with Crippen LogP contribution in [0.25, 0.3) is 0 Å². The zero-order valence-corrected chi connectivity index (χ0v) is 12.4. The van der Waals surface area contributed by atoms with Gasteiger partial charge in [-0.15, -0.1) is 0 Å². The normalized spacial score (nSPS) is 32.0. The second-order valence-corrected chi connectivity index (χ2v) is 6.42. The molecule has 0 radical (unpaired) electrons. The summed E-state index contributed by atoms with van der Waals surface area (Å²) in [4.78, 5) is 5.34. The minimum Gasteiger partial charge on any atom is -0.378 e. The van der Waals surface area contributed by atoms with Gasteiger partial charge in [-0.2, -0.15) is 0 Å². The average Bonchev–Trinajstić information content (AvgIpc) is 2.37. The van der Waals surface area contributed by atoms with E-state index in [1.807, 2.05) is 0 Å². The van der Waals surface area contributed by atoms with Crippen LogP contribution in [-0.2, 0) is 4.74 Å². The van der Waals surface area contributed by atoms with Crippen molar-refractivity contribution in [3.63, 3.8) is 0 Å². The third kappa shape index (κ3) is 4.22. The number of nitrogens with zero attached hydrogens (tertiary/aromatic N) is 2. The quantitative estimate of drug-likeness (QED) is 0.765. The Kier molecular flexibility index (Phi) is 5.46. The summed E-state index contributed by atoms with van der Waals surface area (Å²) < 4.78 is 5.65. The van der Waals surface area contributed by atoms with E-state index in [9.17, 15) is 0 Å². The van der Waals surface area contributed by atoms with Gasteiger partial charge in [-0.3, -0.25) is 4.90 Å². The van der Waals surface area contributed by atoms with E-state index in [4.69, 9.17) is 4.74 Å². The molecule has 0 bridgehead atoms. The number of piperazine rings is 1. The molecule has 0 N–H and O–H groups in total. The highest BCUT2D eigenvalue weighted by molar-refractivity contribution is 4.82. The second kappa shape index (κ2) is 6.88. The van der Waals surface area contributed by atoms with Crippen LogP contribution in [-0.4, -0.2) is 61.3 Å². The Balaban J connectivity index is 1.69. The summed E-state index contributed by atoms with van der Waals surface area (Å²) in [6, 6.07) is 0.779. The highest BCUT2D eigenvalue weighted by atomic mass is 16.5. The van der Waals surface area contributed by atoms with Crippen molar-refractivity contribution in [1.29, 1.82) is 0 Å². The number of hydrogen-bond acceptors (Lipinski definition) is 3. The van der Waals surface area contributed by atoms with Gasteiger partial charge in [0.15, 0.2) is 0 Å². The van der Waals surface area contributed by atoms with Crippen LogP contribution in [0.1, 0.15) is 40.0 Å². The van der Waals surface area contributed by atoms with Crippen molar-refractivity contribution in [2.75, 3.05) is 39.3 Å². The first-order valence-corrected chi connectivity index (χ1v) is 7.73. The van der Waals surface area contributed by atoms with Crippen LogP contribution >= 0.6 is 0 Å². The molecule has 0 aromatic rings. The molecule has 2 atom stereocenters. The Bertz CT molecular complexity index is 237. The summed E-state index contributed by atoms with van der Waals surface area (Å²) in [5, 5.41) is 0. The summed E-state index contributed by atoms with van der Waals surface area (Å²) >= 11 is 0. The zero-order chi connectivity index (χ0) is 13.0. The molecule has 2 aliphatic rings. The molecule has 2 saturated heterocycles. The lowest BCUT2D eigenvalue weighted by Crippen LogP contribution is -2.52. The molecule has 2 heterocycles. The molecular formula is C15H30N2O. The molecule has 0 saturated carbocycles. The third-order valence-electron chi connectivity index (χ3n) is 4.40. The first-order chi connectivity index (χ1) is 8.65. The molecule has 106 valence electrons. The fourth-order valence-electron chi connectivity index (χ4n) is 3.10. The van der Waals surface area contributed by atoms with E-state index >= 15 is 0 Å². The summed E-state index contributed by atoms with van der Waals surface area (Å²) in [5.41, 5.74) is 0. The van der Waals surface area contributed by atoms with Gasteiger partial charge in [0.2, 0.25) is 0 Å². The molecule has 1 unspecified atom stereocenters. The maximum absolute atomic E-state index is 5.65. The van der Waals surface area contributed by atoms with Gasteiger partial charge in [-0.25, -0.2) is 0 Å². The van der Waals surface area contributed by atoms with Gasteiger partial charge in [0.25, 0.3) is 0 Å². The molecule has 3 heteroatoms. The Labute approximate surface area is 112 Å². The molecule has 3 nitrogen and oxygen atoms in total. The zero-order valence-electron chi connectivity index (χ0n) is 12.4. The monoisotopic (exact) mass is 254 g/mol. The molecule has 2 rings (SSSR count). The van der Waals surface area contributed by atoms with Crippen LogP contribution < -0.4 is 0 Å². The maximum atomic E-state index is 5.65. The van der Waals surface area contributed by atoms with E-state index in [0.29, 0.717) is 6.10 Å². The largest absolute Gasteiger partial charge is 0.378 e. The second-order valence-electron chi connectivity index (χ2n) is 6.42. The molecule has 0 amide bonds. The number of hydrogen-bond donors (Lipinski definition) is 0. The summed E-state index contributed by atoms with van der Waals surface area (Å²) in [6.07, 6.45) is 4.26. The van der Waals surface area contributed by atoms with Crippen molar-refractivity contribution in [3.8, 4) is 0 Å². The Hall–Kier alpha value is -0.120. The van der Waals surface area contributed by atoms with Crippen molar-refractivity contribution < 1.29 is 4.74 Å². The van der Waals surface area contributed by atoms with Crippen LogP contribution in [0.5, 0.6) is 0 Å². The van der Waals surface area contributed by atoms with Gasteiger partial charge >= 0.3 is 0 Å². The smallest absolute Gasteiger partial charge is 0.0561 e. The van der Waals surface area contributed by atoms with Crippen molar-refractivity contribution in [1.82, 2.24) is 9.80 Å². The summed E-state index contributed by atoms with van der Waals surface area (Å²) in [5.74, 6) is 0.833. The lowest BCUT2D eigenvalue weighted by molar-refractivity contribution is -0.0282. The molecule has 0 spiro atoms. The molecule has 0 aliphatic carbocycles. The fourth-order valence-corrected chi connectivity index (χ4v) is 3.10. The predicted octanol–water partition coefficient (Wildman–Crippen LogP) is 2.22. The van der Waals surface area contributed by atoms with Crippen molar-refractivity contribution in [3.05, 3.63) is 0 Å². The first-order valence-electron chi connectivity index (χ1n) is 7.73. The van der Waals surface area contributed by atoms with E-state index < -0.39 is 0 Å². The van der Waals surface area contributed by atoms with Crippen LogP contribution in [0.15, 0.2) is 0 Å². The lowest BCUT2D eigenvalue weighted by atomic mass is 10.0. The van der Waals surface area contributed by atoms with E-state index in [1.54, 1.807) is 0 Å². The maximum Gasteiger partial charge on any atom is 0.0561 e. The van der Waals surface area contributed by atoms with E-state index in [-0.39, 0.29) is 0 Å². The standard InChI is InChI=1S/C15H30N2O/c1-13(2)4-6-16-7-9-17(10-8-16)15-5-11-18-14(3)12-15/h13-15H,4-12H2,1-3H3/t14-,15?/m0/s1. The van der Waals surface area contributed by atoms with Gasteiger partial charge in [-0.1, -0.05) is 13.8 Å². The fraction of sp³-hybridized carbons (Fsp3) is 1.00. The van der Waals surface area contributed by atoms with Crippen molar-refractivity contribution >= 4 is 0 Å². The Morgan fingerprint density at radius 3 is 2.50 bits per heavy atom. The molecule has 2 aliphatic heterocycles. The SMILES string of the molecule is CC(C)CCN1CCN(C2CCO[C@@H](C)C2)CC1. The van der Waals surface area contributed by atoms with Crippen molar-refractivity contribution in [2.45, 2.75) is 52.2 Å². The summed E-state index contributed by atoms with van der Waals surface area (Å²) in [6.45, 7) is 14.1. The molecule has 2 fully saturated rings. The average molecular weight is 254 g/mol. The number of rotatable bonds is 4. The molecule has 18 heavy (non-hydrogen) atoms. The third-order valence-corrected chi connectivity index (χ3v) is 4.40. The highest BCUT2D eigenvalue weighted by Crippen LogP contribution is 2.20. The van der Waals surface area contributed by atoms with Gasteiger partial charge < -0.3 is 9.64 Å². The van der Waals surface area contributed by atoms with Gasteiger partial charge in [-0.05, 0) is 38.6 Å². The highest BCUT2D eigenvalue weighted by Gasteiger charge is 2.27. The summed E-state index contributed by atoms with van der Waals surface area (Å²) in [7, 11) is 0. The van der Waals surface area contributed by atoms with E-state index in [0.717, 1.165) is 18.6 Å². The van der Waals surface area contributed by atoms with Crippen molar-refractivity contribution in [2.24, 2.45) is 5.92 Å². The van der Waals surface area contributed by atoms with Gasteiger partial charge in [0, 0.05) is 38.8 Å². The van der Waals surface area contributed by atoms with Crippen LogP contribution in [0, 0.1) is 5.92 Å². The van der Waals surface area contributed by atoms with Crippen LogP contribution in [0.3, 0.4) is 0 Å². The van der Waals surface area contributed by atoms with Gasteiger partial charge in [0.1, 0.15) is 0 Å². The van der Waals surface area contributed by atoms with Crippen LogP contribution in [0.4, 0.5) is 0 Å². The Morgan fingerprint density at radius 2 is 1.89 bits per heavy atom. The first kappa shape index (κ1) is 14.3. The molecular weight excluding hydrogens is 224 g/mol. The molecule has 0 aromatic carbocycles.